The fraction of sp³-hybridized carbons (Fsp3) is 0. The van der Waals surface area contributed by atoms with Crippen LogP contribution < -0.4 is 57.1 Å². The summed E-state index contributed by atoms with van der Waals surface area (Å²) in [4.78, 5) is 3.53. The molecule has 0 aliphatic heterocycles. The quantitative estimate of drug-likeness (QED) is 0.353. The zero-order valence-corrected chi connectivity index (χ0v) is 7.17. The molecule has 0 amide bonds. The number of nitrogens with zero attached hydrogens (tertiary/aromatic N) is 2. The van der Waals surface area contributed by atoms with Gasteiger partial charge in [0.1, 0.15) is 6.33 Å². The molecule has 1 aromatic heterocycles. The van der Waals surface area contributed by atoms with Crippen LogP contribution >= 0.6 is 0 Å². The smallest absolute Gasteiger partial charge is 1.00 e. The van der Waals surface area contributed by atoms with Crippen LogP contribution in [0.15, 0.2) is 6.33 Å². The number of anilines is 1. The van der Waals surface area contributed by atoms with E-state index < -0.39 is 0 Å². The van der Waals surface area contributed by atoms with Crippen molar-refractivity contribution in [3.63, 3.8) is 0 Å². The molecule has 0 saturated carbocycles. The molecule has 0 radical (unpaired) electrons. The zero-order chi connectivity index (χ0) is 4.41. The van der Waals surface area contributed by atoms with Gasteiger partial charge in [-0.25, -0.2) is 10.1 Å². The Labute approximate surface area is 84.8 Å². The Bertz CT molecular complexity index is 118. The molecular formula is C2H5KN4. The van der Waals surface area contributed by atoms with E-state index in [9.17, 15) is 0 Å². The van der Waals surface area contributed by atoms with Gasteiger partial charge in [0, 0.05) is 0 Å². The third-order valence-electron chi connectivity index (χ3n) is 0.434. The molecule has 0 aliphatic rings. The molecule has 0 bridgehead atoms. The molecule has 34 valence electrons. The van der Waals surface area contributed by atoms with E-state index in [-0.39, 0.29) is 52.8 Å². The number of rotatable bonds is 0. The van der Waals surface area contributed by atoms with E-state index in [1.54, 1.807) is 0 Å². The van der Waals surface area contributed by atoms with Crippen LogP contribution in [0.3, 0.4) is 0 Å². The van der Waals surface area contributed by atoms with Crippen molar-refractivity contribution >= 4 is 5.95 Å². The molecule has 1 aromatic rings. The Kier molecular flexibility index (Phi) is 3.86. The summed E-state index contributed by atoms with van der Waals surface area (Å²) >= 11 is 0. The number of nitrogens with one attached hydrogen (secondary N) is 1. The Hall–Kier alpha value is 0.576. The SMILES string of the molecule is Nc1ncn[nH]1.[H-].[K+]. The first-order valence-electron chi connectivity index (χ1n) is 1.50. The number of hydrogen-bond donors (Lipinski definition) is 2. The van der Waals surface area contributed by atoms with Crippen molar-refractivity contribution in [1.82, 2.24) is 15.2 Å². The molecule has 0 aromatic carbocycles. The largest absolute Gasteiger partial charge is 1.00 e. The number of hydrogen-bond acceptors (Lipinski definition) is 3. The fourth-order valence-electron chi connectivity index (χ4n) is 0.215. The van der Waals surface area contributed by atoms with E-state index in [0.29, 0.717) is 5.95 Å². The number of H-pyrrole nitrogens is 1. The van der Waals surface area contributed by atoms with Crippen molar-refractivity contribution in [1.29, 1.82) is 0 Å². The van der Waals surface area contributed by atoms with Crippen LogP contribution in [0.2, 0.25) is 0 Å². The average Bonchev–Trinajstić information content (AvgIpc) is 1.86. The monoisotopic (exact) mass is 124 g/mol. The number of aromatic nitrogens is 3. The molecule has 0 saturated heterocycles. The van der Waals surface area contributed by atoms with E-state index >= 15 is 0 Å². The zero-order valence-electron chi connectivity index (χ0n) is 5.05. The second-order valence-electron chi connectivity index (χ2n) is 0.871. The summed E-state index contributed by atoms with van der Waals surface area (Å²) in [5, 5.41) is 5.88. The third kappa shape index (κ3) is 2.40. The minimum Gasteiger partial charge on any atom is -1.00 e. The molecule has 0 unspecified atom stereocenters. The summed E-state index contributed by atoms with van der Waals surface area (Å²) in [5.41, 5.74) is 5.05. The van der Waals surface area contributed by atoms with Crippen molar-refractivity contribution in [2.45, 2.75) is 0 Å². The number of nitrogens with two attached hydrogens (primary N) is 1. The molecule has 4 nitrogen and oxygen atoms in total. The van der Waals surface area contributed by atoms with Gasteiger partial charge in [-0.3, -0.25) is 0 Å². The fourth-order valence-corrected chi connectivity index (χ4v) is 0.215. The summed E-state index contributed by atoms with van der Waals surface area (Å²) in [6.45, 7) is 0. The van der Waals surface area contributed by atoms with Crippen LogP contribution in [0.1, 0.15) is 1.43 Å². The van der Waals surface area contributed by atoms with Gasteiger partial charge in [0.25, 0.3) is 0 Å². The minimum atomic E-state index is 0. The first-order chi connectivity index (χ1) is 2.89. The first-order valence-corrected chi connectivity index (χ1v) is 1.50. The average molecular weight is 124 g/mol. The summed E-state index contributed by atoms with van der Waals surface area (Å²) in [5.74, 6) is 0.356. The van der Waals surface area contributed by atoms with Crippen molar-refractivity contribution in [3.05, 3.63) is 6.33 Å². The predicted octanol–water partition coefficient (Wildman–Crippen LogP) is -3.50. The Morgan fingerprint density at radius 1 is 1.86 bits per heavy atom. The van der Waals surface area contributed by atoms with Crippen LogP contribution in [0.25, 0.3) is 0 Å². The van der Waals surface area contributed by atoms with Gasteiger partial charge in [0.05, 0.1) is 0 Å². The van der Waals surface area contributed by atoms with Gasteiger partial charge >= 0.3 is 51.4 Å². The molecule has 0 fully saturated rings. The van der Waals surface area contributed by atoms with Crippen molar-refractivity contribution < 1.29 is 52.8 Å². The maximum absolute atomic E-state index is 5.05. The Morgan fingerprint density at radius 2 is 2.57 bits per heavy atom. The van der Waals surface area contributed by atoms with Crippen LogP contribution in [0.4, 0.5) is 5.95 Å². The van der Waals surface area contributed by atoms with Crippen molar-refractivity contribution in [3.8, 4) is 0 Å². The van der Waals surface area contributed by atoms with Gasteiger partial charge in [-0.1, -0.05) is 0 Å². The third-order valence-corrected chi connectivity index (χ3v) is 0.434. The molecule has 0 spiro atoms. The number of aromatic amines is 1. The molecule has 0 aliphatic carbocycles. The molecule has 7 heavy (non-hydrogen) atoms. The normalized spacial score (nSPS) is 7.43. The standard InChI is InChI=1S/C2H4N4.K.H/c3-2-4-1-5-6-2;;/h1H,(H3,3,4,5,6);;/q;+1;-1. The second kappa shape index (κ2) is 3.56. The van der Waals surface area contributed by atoms with Gasteiger partial charge < -0.3 is 7.16 Å². The van der Waals surface area contributed by atoms with Crippen LogP contribution in [0.5, 0.6) is 0 Å². The summed E-state index contributed by atoms with van der Waals surface area (Å²) in [7, 11) is 0. The van der Waals surface area contributed by atoms with Crippen LogP contribution in [-0.2, 0) is 0 Å². The van der Waals surface area contributed by atoms with Gasteiger partial charge in [0.2, 0.25) is 5.95 Å². The molecular weight excluding hydrogens is 119 g/mol. The first kappa shape index (κ1) is 7.58. The minimum absolute atomic E-state index is 0. The summed E-state index contributed by atoms with van der Waals surface area (Å²) in [6, 6.07) is 0. The molecule has 0 atom stereocenters. The van der Waals surface area contributed by atoms with Gasteiger partial charge in [-0.2, -0.15) is 5.10 Å². The van der Waals surface area contributed by atoms with Gasteiger partial charge in [0.15, 0.2) is 0 Å². The van der Waals surface area contributed by atoms with Gasteiger partial charge in [-0.05, 0) is 0 Å². The summed E-state index contributed by atoms with van der Waals surface area (Å²) in [6.07, 6.45) is 1.36. The maximum Gasteiger partial charge on any atom is 1.00 e. The van der Waals surface area contributed by atoms with Crippen LogP contribution in [0, 0.1) is 0 Å². The van der Waals surface area contributed by atoms with E-state index in [1.807, 2.05) is 0 Å². The predicted molar refractivity (Wildman–Crippen MR) is 21.9 cm³/mol. The van der Waals surface area contributed by atoms with Crippen molar-refractivity contribution in [2.24, 2.45) is 0 Å². The number of nitrogen functional groups attached to an aromatic ring is 1. The second-order valence-corrected chi connectivity index (χ2v) is 0.871. The molecule has 1 heterocycles. The Morgan fingerprint density at radius 3 is 2.71 bits per heavy atom. The van der Waals surface area contributed by atoms with E-state index in [0.717, 1.165) is 0 Å². The molecule has 1 rings (SSSR count). The summed E-state index contributed by atoms with van der Waals surface area (Å²) < 4.78 is 0. The Balaban J connectivity index is 0. The maximum atomic E-state index is 5.05. The van der Waals surface area contributed by atoms with E-state index in [2.05, 4.69) is 15.2 Å². The van der Waals surface area contributed by atoms with Crippen molar-refractivity contribution in [2.75, 3.05) is 5.73 Å². The molecule has 5 heteroatoms. The van der Waals surface area contributed by atoms with E-state index in [1.165, 1.54) is 6.33 Å². The topological polar surface area (TPSA) is 67.6 Å². The van der Waals surface area contributed by atoms with Gasteiger partial charge in [-0.15, -0.1) is 0 Å². The molecule has 3 N–H and O–H groups in total. The van der Waals surface area contributed by atoms with E-state index in [4.69, 9.17) is 5.73 Å². The van der Waals surface area contributed by atoms with Crippen LogP contribution in [-0.4, -0.2) is 15.2 Å².